The van der Waals surface area contributed by atoms with Crippen molar-refractivity contribution in [1.82, 2.24) is 4.90 Å². The summed E-state index contributed by atoms with van der Waals surface area (Å²) in [5, 5.41) is 9.72. The molecule has 0 aromatic heterocycles. The quantitative estimate of drug-likeness (QED) is 0.765. The van der Waals surface area contributed by atoms with Gasteiger partial charge < -0.3 is 10.0 Å². The highest BCUT2D eigenvalue weighted by atomic mass is 16.4. The summed E-state index contributed by atoms with van der Waals surface area (Å²) in [6, 6.07) is 0.412. The Kier molecular flexibility index (Phi) is 4.23. The predicted octanol–water partition coefficient (Wildman–Crippen LogP) is 3.20. The molecule has 4 heteroatoms. The van der Waals surface area contributed by atoms with Crippen LogP contribution >= 0.6 is 0 Å². The van der Waals surface area contributed by atoms with Gasteiger partial charge in [-0.2, -0.15) is 0 Å². The third kappa shape index (κ3) is 3.58. The van der Waals surface area contributed by atoms with Gasteiger partial charge in [0, 0.05) is 19.0 Å². The second kappa shape index (κ2) is 5.98. The minimum Gasteiger partial charge on any atom is -0.481 e. The van der Waals surface area contributed by atoms with Crippen molar-refractivity contribution in [3.8, 4) is 0 Å². The Morgan fingerprint density at radius 1 is 1.00 bits per heavy atom. The molecule has 21 heavy (non-hydrogen) atoms. The molecule has 0 aliphatic heterocycles. The van der Waals surface area contributed by atoms with E-state index in [4.69, 9.17) is 0 Å². The standard InChI is InChI=1S/C17H27NO3/c19-15(18(14-7-8-14)12-13-5-6-13)11-17(16(20)21)9-3-1-2-4-10-17/h13-14H,1-12H2,(H,20,21). The third-order valence-corrected chi connectivity index (χ3v) is 5.46. The van der Waals surface area contributed by atoms with Crippen molar-refractivity contribution in [2.45, 2.75) is 76.7 Å². The number of carboxylic acid groups (broad SMARTS) is 1. The van der Waals surface area contributed by atoms with Gasteiger partial charge in [0.05, 0.1) is 5.41 Å². The van der Waals surface area contributed by atoms with Crippen molar-refractivity contribution in [3.63, 3.8) is 0 Å². The van der Waals surface area contributed by atoms with Gasteiger partial charge in [-0.05, 0) is 44.4 Å². The van der Waals surface area contributed by atoms with Gasteiger partial charge in [0.2, 0.25) is 5.91 Å². The van der Waals surface area contributed by atoms with Crippen molar-refractivity contribution in [3.05, 3.63) is 0 Å². The summed E-state index contributed by atoms with van der Waals surface area (Å²) in [7, 11) is 0. The highest BCUT2D eigenvalue weighted by Crippen LogP contribution is 2.41. The number of hydrogen-bond donors (Lipinski definition) is 1. The molecule has 1 N–H and O–H groups in total. The first-order chi connectivity index (χ1) is 10.1. The fraction of sp³-hybridized carbons (Fsp3) is 0.882. The normalized spacial score (nSPS) is 25.1. The fourth-order valence-corrected chi connectivity index (χ4v) is 3.68. The monoisotopic (exact) mass is 293 g/mol. The van der Waals surface area contributed by atoms with Crippen LogP contribution in [0.25, 0.3) is 0 Å². The lowest BCUT2D eigenvalue weighted by molar-refractivity contribution is -0.155. The van der Waals surface area contributed by atoms with Gasteiger partial charge in [-0.25, -0.2) is 0 Å². The molecular weight excluding hydrogens is 266 g/mol. The molecule has 4 nitrogen and oxygen atoms in total. The fourth-order valence-electron chi connectivity index (χ4n) is 3.68. The van der Waals surface area contributed by atoms with Crippen LogP contribution in [0.4, 0.5) is 0 Å². The second-order valence-corrected chi connectivity index (χ2v) is 7.40. The first kappa shape index (κ1) is 14.9. The second-order valence-electron chi connectivity index (χ2n) is 7.40. The average Bonchev–Trinajstić information content (AvgIpc) is 3.29. The number of amides is 1. The molecule has 0 heterocycles. The zero-order valence-corrected chi connectivity index (χ0v) is 12.9. The molecule has 3 saturated carbocycles. The number of aliphatic carboxylic acids is 1. The number of rotatable bonds is 6. The predicted molar refractivity (Wildman–Crippen MR) is 79.8 cm³/mol. The van der Waals surface area contributed by atoms with E-state index in [1.54, 1.807) is 0 Å². The Morgan fingerprint density at radius 3 is 2.10 bits per heavy atom. The first-order valence-electron chi connectivity index (χ1n) is 8.64. The number of carbonyl (C=O) groups is 2. The van der Waals surface area contributed by atoms with Crippen molar-refractivity contribution in [2.24, 2.45) is 11.3 Å². The smallest absolute Gasteiger partial charge is 0.310 e. The highest BCUT2D eigenvalue weighted by Gasteiger charge is 2.44. The van der Waals surface area contributed by atoms with E-state index < -0.39 is 11.4 Å². The lowest BCUT2D eigenvalue weighted by atomic mass is 9.77. The summed E-state index contributed by atoms with van der Waals surface area (Å²) in [6.45, 7) is 0.874. The summed E-state index contributed by atoms with van der Waals surface area (Å²) in [5.41, 5.74) is -0.787. The number of carboxylic acids is 1. The number of nitrogens with zero attached hydrogens (tertiary/aromatic N) is 1. The molecule has 0 bridgehead atoms. The summed E-state index contributed by atoms with van der Waals surface area (Å²) < 4.78 is 0. The number of carbonyl (C=O) groups excluding carboxylic acids is 1. The maximum atomic E-state index is 12.7. The molecule has 0 unspecified atom stereocenters. The third-order valence-electron chi connectivity index (χ3n) is 5.46. The van der Waals surface area contributed by atoms with Crippen LogP contribution in [0, 0.1) is 11.3 Å². The molecule has 0 spiro atoms. The largest absolute Gasteiger partial charge is 0.481 e. The topological polar surface area (TPSA) is 57.6 Å². The highest BCUT2D eigenvalue weighted by molar-refractivity contribution is 5.85. The molecule has 0 aromatic carbocycles. The maximum absolute atomic E-state index is 12.7. The summed E-state index contributed by atoms with van der Waals surface area (Å²) >= 11 is 0. The summed E-state index contributed by atoms with van der Waals surface area (Å²) in [5.74, 6) is 0.0399. The lowest BCUT2D eigenvalue weighted by Gasteiger charge is -2.31. The Balaban J connectivity index is 1.68. The van der Waals surface area contributed by atoms with E-state index >= 15 is 0 Å². The van der Waals surface area contributed by atoms with Gasteiger partial charge >= 0.3 is 5.97 Å². The van der Waals surface area contributed by atoms with E-state index in [1.165, 1.54) is 12.8 Å². The molecule has 0 atom stereocenters. The van der Waals surface area contributed by atoms with Crippen LogP contribution in [-0.4, -0.2) is 34.5 Å². The zero-order valence-electron chi connectivity index (χ0n) is 12.9. The van der Waals surface area contributed by atoms with Crippen molar-refractivity contribution >= 4 is 11.9 Å². The van der Waals surface area contributed by atoms with E-state index in [0.29, 0.717) is 24.8 Å². The molecule has 0 radical (unpaired) electrons. The molecule has 3 aliphatic carbocycles. The van der Waals surface area contributed by atoms with Crippen LogP contribution in [0.5, 0.6) is 0 Å². The molecule has 3 fully saturated rings. The molecule has 1 amide bonds. The van der Waals surface area contributed by atoms with Crippen LogP contribution in [-0.2, 0) is 9.59 Å². The molecule has 3 aliphatic rings. The van der Waals surface area contributed by atoms with E-state index in [-0.39, 0.29) is 12.3 Å². The SMILES string of the molecule is O=C(CC1(C(=O)O)CCCCCC1)N(CC1CC1)C1CC1. The molecule has 0 saturated heterocycles. The van der Waals surface area contributed by atoms with Gasteiger partial charge in [-0.3, -0.25) is 9.59 Å². The Hall–Kier alpha value is -1.06. The Bertz CT molecular complexity index is 404. The van der Waals surface area contributed by atoms with Crippen molar-refractivity contribution in [2.75, 3.05) is 6.54 Å². The Morgan fingerprint density at radius 2 is 1.62 bits per heavy atom. The van der Waals surface area contributed by atoms with Gasteiger partial charge in [0.15, 0.2) is 0 Å². The van der Waals surface area contributed by atoms with Crippen LogP contribution in [0.3, 0.4) is 0 Å². The average molecular weight is 293 g/mol. The van der Waals surface area contributed by atoms with Gasteiger partial charge in [0.1, 0.15) is 0 Å². The molecule has 3 rings (SSSR count). The minimum atomic E-state index is -0.787. The van der Waals surface area contributed by atoms with Crippen LogP contribution in [0.2, 0.25) is 0 Å². The Labute approximate surface area is 126 Å². The first-order valence-corrected chi connectivity index (χ1v) is 8.64. The zero-order chi connectivity index (χ0) is 14.9. The van der Waals surface area contributed by atoms with E-state index in [9.17, 15) is 14.7 Å². The lowest BCUT2D eigenvalue weighted by Crippen LogP contribution is -2.41. The van der Waals surface area contributed by atoms with Crippen LogP contribution in [0.1, 0.15) is 70.6 Å². The maximum Gasteiger partial charge on any atom is 0.310 e. The molecule has 0 aromatic rings. The minimum absolute atomic E-state index is 0.105. The van der Waals surface area contributed by atoms with Crippen LogP contribution in [0.15, 0.2) is 0 Å². The van der Waals surface area contributed by atoms with Crippen LogP contribution < -0.4 is 0 Å². The summed E-state index contributed by atoms with van der Waals surface area (Å²) in [4.78, 5) is 26.6. The summed E-state index contributed by atoms with van der Waals surface area (Å²) in [6.07, 6.45) is 10.4. The van der Waals surface area contributed by atoms with Gasteiger partial charge in [-0.1, -0.05) is 25.7 Å². The van der Waals surface area contributed by atoms with E-state index in [1.807, 2.05) is 4.90 Å². The molecular formula is C17H27NO3. The van der Waals surface area contributed by atoms with Gasteiger partial charge in [0.25, 0.3) is 0 Å². The van der Waals surface area contributed by atoms with E-state index in [0.717, 1.165) is 45.1 Å². The number of hydrogen-bond acceptors (Lipinski definition) is 2. The van der Waals surface area contributed by atoms with Crippen molar-refractivity contribution in [1.29, 1.82) is 0 Å². The molecule has 118 valence electrons. The van der Waals surface area contributed by atoms with Gasteiger partial charge in [-0.15, -0.1) is 0 Å². The van der Waals surface area contributed by atoms with Crippen molar-refractivity contribution < 1.29 is 14.7 Å². The van der Waals surface area contributed by atoms with E-state index in [2.05, 4.69) is 0 Å².